The number of aliphatic hydroxyl groups excluding tert-OH is 32. The van der Waals surface area contributed by atoms with Crippen LogP contribution in [0.15, 0.2) is 0 Å². The fraction of sp³-hybridized carbons (Fsp3) is 0.973. The second-order valence-corrected chi connectivity index (χ2v) is 33.2. The fourth-order valence-corrected chi connectivity index (χ4v) is 16.8. The third kappa shape index (κ3) is 23.7. The summed E-state index contributed by atoms with van der Waals surface area (Å²) >= 11 is 0. The van der Waals surface area contributed by atoms with Gasteiger partial charge in [-0.05, 0) is 6.42 Å². The van der Waals surface area contributed by atoms with Gasteiger partial charge in [-0.25, -0.2) is 0 Å². The molecule has 58 heteroatoms. The number of nitrogens with one attached hydrogen (secondary N) is 2. The first kappa shape index (κ1) is 108. The molecule has 2 amide bonds. The molecule has 0 bridgehead atoms. The fourth-order valence-electron chi connectivity index (χ4n) is 16.8. The first-order valence-corrected chi connectivity index (χ1v) is 42.2. The monoisotopic (exact) mass is 1920 g/mol. The van der Waals surface area contributed by atoms with Gasteiger partial charge >= 0.3 is 0 Å². The van der Waals surface area contributed by atoms with Crippen LogP contribution in [0.3, 0.4) is 0 Å². The topological polar surface area (TPSA) is 909 Å². The molecule has 11 saturated heterocycles. The Morgan fingerprint density at radius 1 is 0.214 bits per heavy atom. The molecule has 0 saturated carbocycles. The number of amides is 2. The lowest BCUT2D eigenvalue weighted by molar-refractivity contribution is -0.408. The van der Waals surface area contributed by atoms with Crippen molar-refractivity contribution in [3.05, 3.63) is 0 Å². The van der Waals surface area contributed by atoms with Crippen LogP contribution >= 0.6 is 0 Å². The van der Waals surface area contributed by atoms with Gasteiger partial charge in [0.25, 0.3) is 0 Å². The van der Waals surface area contributed by atoms with E-state index >= 15 is 0 Å². The van der Waals surface area contributed by atoms with Gasteiger partial charge in [-0.3, -0.25) is 9.59 Å². The zero-order chi connectivity index (χ0) is 96.1. The molecule has 58 nitrogen and oxygen atoms in total. The van der Waals surface area contributed by atoms with Gasteiger partial charge < -0.3 is 278 Å². The molecule has 11 heterocycles. The molecular formula is C73H124N2O56. The predicted molar refractivity (Wildman–Crippen MR) is 400 cm³/mol. The van der Waals surface area contributed by atoms with Crippen molar-refractivity contribution in [3.8, 4) is 0 Å². The molecule has 0 radical (unpaired) electrons. The summed E-state index contributed by atoms with van der Waals surface area (Å²) in [6.45, 7) is -8.92. The number of rotatable bonds is 36. The van der Waals surface area contributed by atoms with Crippen molar-refractivity contribution in [1.29, 1.82) is 0 Å². The van der Waals surface area contributed by atoms with E-state index < -0.39 is 422 Å². The zero-order valence-corrected chi connectivity index (χ0v) is 70.1. The van der Waals surface area contributed by atoms with Crippen molar-refractivity contribution in [2.75, 3.05) is 79.3 Å². The summed E-state index contributed by atoms with van der Waals surface area (Å²) < 4.78 is 131. The highest BCUT2D eigenvalue weighted by molar-refractivity contribution is 5.73. The molecule has 34 N–H and O–H groups in total. The molecule has 0 aromatic rings. The maximum Gasteiger partial charge on any atom is 0.217 e. The van der Waals surface area contributed by atoms with E-state index in [1.165, 1.54) is 0 Å². The minimum atomic E-state index is -2.68. The molecule has 11 aliphatic heterocycles. The van der Waals surface area contributed by atoms with Crippen LogP contribution in [-0.2, 0) is 114 Å². The number of aliphatic hydroxyl groups is 32. The molecule has 55 atom stereocenters. The van der Waals surface area contributed by atoms with E-state index in [0.29, 0.717) is 6.42 Å². The average Bonchev–Trinajstić information content (AvgIpc) is 0.767. The van der Waals surface area contributed by atoms with E-state index in [-0.39, 0.29) is 6.61 Å². The van der Waals surface area contributed by atoms with E-state index in [2.05, 4.69) is 10.6 Å². The van der Waals surface area contributed by atoms with E-state index in [4.69, 9.17) is 104 Å². The largest absolute Gasteiger partial charge is 0.394 e. The molecule has 0 aromatic heterocycles. The standard InChI is InChI=1S/C73H124N2O56/c1-4-5-110-63-30(74-17(2)85)41(96)55(26(13-83)120-63)124-64-31(75-18(3)86)42(97)56(27(14-84)121-64)125-69-54(109)58(127-72-62(49(104)38(93)24(11-81)118-72)131-73-61(48(103)37(92)25(12-82)119-73)130-68-52(107)45(100)34(89)21(8-78)115-68)40(95)29(123-69)15-111-65-53(108)57(126-71-60(47(102)36(91)23(10-80)117-71)129-67-51(106)44(99)33(88)20(7-77)114-67)39(94)28(122-65)16-112-70-59(46(101)35(90)22(9-79)116-70)128-66-50(105)43(98)32(87)19(6-76)113-66/h19-73,76-84,87-109H,4-16H2,1-3H3,(H,74,85)(H,75,86)/t19-,20-,21-,22-,23-,24-,25-,26-,27-,28-,29-,30-,31-,32-,33-,34-,35-,36-,37-,38-,39-,40-,41-,42-,43+,44+,45+,46+,47+,48+,49+,50+,51+,52+,53+,54+,55-,56-,57+,58+,59+,60+,61+,62+,63-,64+,65+,66-,67-,68-,69+,70+,71-,72-,73-/m1/s1. The van der Waals surface area contributed by atoms with Crippen LogP contribution in [0.1, 0.15) is 27.2 Å². The Balaban J connectivity index is 0.963. The van der Waals surface area contributed by atoms with Gasteiger partial charge in [-0.15, -0.1) is 0 Å². The Bertz CT molecular complexity index is 3440. The maximum atomic E-state index is 13.2. The molecule has 0 unspecified atom stereocenters. The maximum absolute atomic E-state index is 13.2. The van der Waals surface area contributed by atoms with E-state index in [9.17, 15) is 173 Å². The lowest BCUT2D eigenvalue weighted by atomic mass is 9.93. The predicted octanol–water partition coefficient (Wildman–Crippen LogP) is -23.3. The van der Waals surface area contributed by atoms with Crippen molar-refractivity contribution in [3.63, 3.8) is 0 Å². The lowest BCUT2D eigenvalue weighted by Crippen LogP contribution is -2.70. The SMILES string of the molecule is CCCO[C@@H]1O[C@H](CO)[C@@H](O[C@@H]2O[C@H](CO)[C@@H](O[C@@H]3O[C@H](CO[C@H]4O[C@H](CO[C@H]5O[C@H](CO)[C@@H](O)[C@H](O)[C@@H]5O[C@H]5O[C@H](CO)[C@@H](O)[C@H](O)[C@@H]5O)[C@@H](O)[C@H](O[C@H]5O[C@H](CO)[C@@H](O)[C@H](O)[C@@H]5O[C@H]5O[C@H](CO)[C@@H](O)[C@H](O)[C@@H]5O)[C@@H]4O)[C@@H](O)[C@H](O[C@H]4O[C@H](CO)[C@@H](O)[C@H](O)[C@@H]4O[C@H]4O[C@H](CO)[C@@H](O)[C@H](O)[C@@H]4O[C@H]4O[C@H](CO)[C@@H](O)[C@H](O)[C@@H]4O)[C@@H]3O)[C@H](O)[C@H]2NC(C)=O)[C@H](O)[C@H]1NC(C)=O. The summed E-state index contributed by atoms with van der Waals surface area (Å²) in [5.41, 5.74) is 0. The molecule has 0 aromatic carbocycles. The minimum Gasteiger partial charge on any atom is -0.394 e. The van der Waals surface area contributed by atoms with Crippen molar-refractivity contribution >= 4 is 11.8 Å². The number of hydrogen-bond donors (Lipinski definition) is 34. The molecule has 762 valence electrons. The molecule has 11 rings (SSSR count). The summed E-state index contributed by atoms with van der Waals surface area (Å²) in [5.74, 6) is -1.69. The molecule has 11 fully saturated rings. The van der Waals surface area contributed by atoms with Crippen LogP contribution in [0.4, 0.5) is 0 Å². The Hall–Kier alpha value is -3.22. The third-order valence-electron chi connectivity index (χ3n) is 24.2. The van der Waals surface area contributed by atoms with E-state index in [0.717, 1.165) is 13.8 Å². The van der Waals surface area contributed by atoms with Gasteiger partial charge in [0.1, 0.15) is 268 Å². The van der Waals surface area contributed by atoms with Gasteiger partial charge in [-0.1, -0.05) is 6.92 Å². The highest BCUT2D eigenvalue weighted by Gasteiger charge is 2.63. The van der Waals surface area contributed by atoms with Crippen LogP contribution in [0.5, 0.6) is 0 Å². The van der Waals surface area contributed by atoms with Crippen LogP contribution in [0.2, 0.25) is 0 Å². The van der Waals surface area contributed by atoms with E-state index in [1.54, 1.807) is 6.92 Å². The van der Waals surface area contributed by atoms with Crippen molar-refractivity contribution in [2.45, 2.75) is 365 Å². The molecule has 11 aliphatic rings. The molecule has 0 spiro atoms. The second kappa shape index (κ2) is 47.8. The minimum absolute atomic E-state index is 0.00390. The highest BCUT2D eigenvalue weighted by Crippen LogP contribution is 2.42. The average molecular weight is 1930 g/mol. The Morgan fingerprint density at radius 3 is 0.771 bits per heavy atom. The normalized spacial score (nSPS) is 50.8. The summed E-state index contributed by atoms with van der Waals surface area (Å²) in [4.78, 5) is 25.8. The van der Waals surface area contributed by atoms with Crippen molar-refractivity contribution in [1.82, 2.24) is 10.6 Å². The zero-order valence-electron chi connectivity index (χ0n) is 70.1. The van der Waals surface area contributed by atoms with Gasteiger partial charge in [0.05, 0.1) is 72.7 Å². The van der Waals surface area contributed by atoms with Crippen LogP contribution in [0, 0.1) is 0 Å². The van der Waals surface area contributed by atoms with Gasteiger partial charge in [0.2, 0.25) is 11.8 Å². The van der Waals surface area contributed by atoms with Crippen LogP contribution < -0.4 is 10.6 Å². The smallest absolute Gasteiger partial charge is 0.217 e. The Labute approximate surface area is 741 Å². The summed E-state index contributed by atoms with van der Waals surface area (Å²) in [6, 6.07) is -3.44. The number of carbonyl (C=O) groups is 2. The summed E-state index contributed by atoms with van der Waals surface area (Å²) in [6.07, 6.45) is -116. The number of hydrogen-bond acceptors (Lipinski definition) is 56. The number of ether oxygens (including phenoxy) is 22. The number of carbonyl (C=O) groups excluding carboxylic acids is 2. The van der Waals surface area contributed by atoms with Crippen LogP contribution in [-0.4, -0.2) is 592 Å². The van der Waals surface area contributed by atoms with Gasteiger partial charge in [0, 0.05) is 20.5 Å². The van der Waals surface area contributed by atoms with Gasteiger partial charge in [0.15, 0.2) is 69.2 Å². The first-order chi connectivity index (χ1) is 62.2. The first-order valence-electron chi connectivity index (χ1n) is 42.2. The Kier molecular flexibility index (Phi) is 39.5. The summed E-state index contributed by atoms with van der Waals surface area (Å²) in [7, 11) is 0. The quantitative estimate of drug-likeness (QED) is 0.0277. The van der Waals surface area contributed by atoms with Crippen LogP contribution in [0.25, 0.3) is 0 Å². The Morgan fingerprint density at radius 2 is 0.443 bits per heavy atom. The lowest BCUT2D eigenvalue weighted by Gasteiger charge is -2.51. The van der Waals surface area contributed by atoms with Crippen molar-refractivity contribution in [2.24, 2.45) is 0 Å². The van der Waals surface area contributed by atoms with Crippen molar-refractivity contribution < 1.29 is 277 Å². The second-order valence-electron chi connectivity index (χ2n) is 33.2. The molecule has 0 aliphatic carbocycles. The summed E-state index contributed by atoms with van der Waals surface area (Å²) in [5, 5.41) is 363. The molecule has 131 heavy (non-hydrogen) atoms. The van der Waals surface area contributed by atoms with E-state index in [1.807, 2.05) is 0 Å². The van der Waals surface area contributed by atoms with Gasteiger partial charge in [-0.2, -0.15) is 0 Å². The highest BCUT2D eigenvalue weighted by atomic mass is 16.8. The molecular weight excluding hydrogens is 1800 g/mol. The third-order valence-corrected chi connectivity index (χ3v) is 24.2.